The summed E-state index contributed by atoms with van der Waals surface area (Å²) in [7, 11) is 0. The number of fused-ring (bicyclic) bond motifs is 1. The molecule has 0 bridgehead atoms. The SMILES string of the molecule is Cl.NCCCCn1cnc2c(-n3cccc3)ncnc21. The molecular weight excluding hydrogens is 276 g/mol. The van der Waals surface area contributed by atoms with Crippen molar-refractivity contribution in [1.82, 2.24) is 24.1 Å². The van der Waals surface area contributed by atoms with Gasteiger partial charge in [0.1, 0.15) is 6.33 Å². The van der Waals surface area contributed by atoms with E-state index in [4.69, 9.17) is 5.73 Å². The summed E-state index contributed by atoms with van der Waals surface area (Å²) >= 11 is 0. The number of halogens is 1. The van der Waals surface area contributed by atoms with Crippen LogP contribution in [0.15, 0.2) is 37.2 Å². The maximum absolute atomic E-state index is 5.52. The van der Waals surface area contributed by atoms with Crippen molar-refractivity contribution in [3.05, 3.63) is 37.2 Å². The van der Waals surface area contributed by atoms with Crippen LogP contribution in [0.1, 0.15) is 12.8 Å². The van der Waals surface area contributed by atoms with E-state index >= 15 is 0 Å². The van der Waals surface area contributed by atoms with Crippen LogP contribution in [0.3, 0.4) is 0 Å². The van der Waals surface area contributed by atoms with Crippen LogP contribution in [0.25, 0.3) is 17.0 Å². The average molecular weight is 293 g/mol. The van der Waals surface area contributed by atoms with E-state index in [0.29, 0.717) is 0 Å². The van der Waals surface area contributed by atoms with Crippen molar-refractivity contribution < 1.29 is 0 Å². The van der Waals surface area contributed by atoms with Crippen LogP contribution in [0.2, 0.25) is 0 Å². The minimum Gasteiger partial charge on any atom is -0.330 e. The van der Waals surface area contributed by atoms with Gasteiger partial charge in [-0.15, -0.1) is 12.4 Å². The monoisotopic (exact) mass is 292 g/mol. The molecule has 6 nitrogen and oxygen atoms in total. The zero-order valence-corrected chi connectivity index (χ0v) is 11.8. The van der Waals surface area contributed by atoms with Gasteiger partial charge in [-0.2, -0.15) is 0 Å². The second-order valence-corrected chi connectivity index (χ2v) is 4.39. The van der Waals surface area contributed by atoms with Gasteiger partial charge < -0.3 is 14.9 Å². The van der Waals surface area contributed by atoms with E-state index in [0.717, 1.165) is 42.9 Å². The van der Waals surface area contributed by atoms with Gasteiger partial charge in [-0.1, -0.05) is 0 Å². The standard InChI is InChI=1S/C13H16N6.ClH/c14-5-1-2-8-19-10-17-11-12(15-9-16-13(11)19)18-6-3-4-7-18;/h3-4,6-7,9-10H,1-2,5,8,14H2;1H. The molecule has 2 N–H and O–H groups in total. The lowest BCUT2D eigenvalue weighted by atomic mass is 10.3. The van der Waals surface area contributed by atoms with Crippen molar-refractivity contribution in [2.45, 2.75) is 19.4 Å². The van der Waals surface area contributed by atoms with E-state index in [1.807, 2.05) is 35.4 Å². The molecule has 3 rings (SSSR count). The Morgan fingerprint density at radius 1 is 1.05 bits per heavy atom. The summed E-state index contributed by atoms with van der Waals surface area (Å²) in [5, 5.41) is 0. The number of nitrogens with zero attached hydrogens (tertiary/aromatic N) is 5. The third kappa shape index (κ3) is 2.66. The summed E-state index contributed by atoms with van der Waals surface area (Å²) in [4.78, 5) is 13.1. The maximum Gasteiger partial charge on any atom is 0.168 e. The molecule has 0 aromatic carbocycles. The molecule has 20 heavy (non-hydrogen) atoms. The molecule has 0 aliphatic carbocycles. The molecule has 3 heterocycles. The number of hydrogen-bond acceptors (Lipinski definition) is 4. The highest BCUT2D eigenvalue weighted by atomic mass is 35.5. The van der Waals surface area contributed by atoms with E-state index in [9.17, 15) is 0 Å². The second kappa shape index (κ2) is 6.49. The smallest absolute Gasteiger partial charge is 0.168 e. The van der Waals surface area contributed by atoms with Gasteiger partial charge in [0.15, 0.2) is 17.0 Å². The Morgan fingerprint density at radius 2 is 1.85 bits per heavy atom. The highest BCUT2D eigenvalue weighted by Gasteiger charge is 2.10. The number of imidazole rings is 1. The molecule has 0 amide bonds. The highest BCUT2D eigenvalue weighted by Crippen LogP contribution is 2.17. The molecule has 0 saturated carbocycles. The fourth-order valence-corrected chi connectivity index (χ4v) is 2.12. The van der Waals surface area contributed by atoms with Crippen LogP contribution < -0.4 is 5.73 Å². The molecule has 0 spiro atoms. The lowest BCUT2D eigenvalue weighted by Gasteiger charge is -2.04. The highest BCUT2D eigenvalue weighted by molar-refractivity contribution is 5.85. The summed E-state index contributed by atoms with van der Waals surface area (Å²) in [6.45, 7) is 1.60. The first-order chi connectivity index (χ1) is 9.40. The Labute approximate surface area is 123 Å². The lowest BCUT2D eigenvalue weighted by Crippen LogP contribution is -2.03. The zero-order chi connectivity index (χ0) is 13.1. The van der Waals surface area contributed by atoms with Crippen LogP contribution in [-0.4, -0.2) is 30.6 Å². The van der Waals surface area contributed by atoms with Crippen LogP contribution >= 0.6 is 12.4 Å². The molecule has 0 saturated heterocycles. The first-order valence-electron chi connectivity index (χ1n) is 6.39. The van der Waals surface area contributed by atoms with Gasteiger partial charge in [-0.3, -0.25) is 0 Å². The van der Waals surface area contributed by atoms with Gasteiger partial charge in [0.2, 0.25) is 0 Å². The van der Waals surface area contributed by atoms with E-state index in [-0.39, 0.29) is 12.4 Å². The van der Waals surface area contributed by atoms with Crippen molar-refractivity contribution in [2.75, 3.05) is 6.54 Å². The number of aryl methyl sites for hydroxylation is 1. The first-order valence-corrected chi connectivity index (χ1v) is 6.39. The third-order valence-corrected chi connectivity index (χ3v) is 3.08. The number of unbranched alkanes of at least 4 members (excludes halogenated alkanes) is 1. The minimum absolute atomic E-state index is 0. The summed E-state index contributed by atoms with van der Waals surface area (Å²) < 4.78 is 4.00. The number of rotatable bonds is 5. The average Bonchev–Trinajstić information content (AvgIpc) is 3.08. The molecule has 0 atom stereocenters. The molecule has 0 aliphatic rings. The van der Waals surface area contributed by atoms with E-state index in [1.54, 1.807) is 6.33 Å². The van der Waals surface area contributed by atoms with Crippen molar-refractivity contribution in [2.24, 2.45) is 5.73 Å². The van der Waals surface area contributed by atoms with Crippen molar-refractivity contribution >= 4 is 23.6 Å². The molecule has 0 fully saturated rings. The maximum atomic E-state index is 5.52. The van der Waals surface area contributed by atoms with E-state index in [2.05, 4.69) is 19.5 Å². The van der Waals surface area contributed by atoms with Crippen LogP contribution in [0, 0.1) is 0 Å². The lowest BCUT2D eigenvalue weighted by molar-refractivity contribution is 0.623. The van der Waals surface area contributed by atoms with Crippen molar-refractivity contribution in [3.63, 3.8) is 0 Å². The summed E-state index contributed by atoms with van der Waals surface area (Å²) in [5.41, 5.74) is 7.21. The van der Waals surface area contributed by atoms with E-state index < -0.39 is 0 Å². The molecule has 106 valence electrons. The molecule has 0 aliphatic heterocycles. The Bertz CT molecular complexity index is 661. The molecule has 3 aromatic heterocycles. The van der Waals surface area contributed by atoms with Gasteiger partial charge in [0, 0.05) is 18.9 Å². The van der Waals surface area contributed by atoms with Crippen LogP contribution in [0.5, 0.6) is 0 Å². The van der Waals surface area contributed by atoms with Gasteiger partial charge >= 0.3 is 0 Å². The predicted octanol–water partition coefficient (Wildman–Crippen LogP) is 1.78. The second-order valence-electron chi connectivity index (χ2n) is 4.39. The Hall–Kier alpha value is -1.92. The predicted molar refractivity (Wildman–Crippen MR) is 80.2 cm³/mol. The normalized spacial score (nSPS) is 10.7. The van der Waals surface area contributed by atoms with Crippen molar-refractivity contribution in [1.29, 1.82) is 0 Å². The molecular formula is C13H17ClN6. The van der Waals surface area contributed by atoms with Crippen molar-refractivity contribution in [3.8, 4) is 5.82 Å². The Balaban J connectivity index is 0.00000147. The molecule has 7 heteroatoms. The van der Waals surface area contributed by atoms with E-state index in [1.165, 1.54) is 0 Å². The van der Waals surface area contributed by atoms with Gasteiger partial charge in [-0.05, 0) is 31.5 Å². The fourth-order valence-electron chi connectivity index (χ4n) is 2.12. The van der Waals surface area contributed by atoms with Crippen LogP contribution in [0.4, 0.5) is 0 Å². The fraction of sp³-hybridized carbons (Fsp3) is 0.308. The number of aromatic nitrogens is 5. The van der Waals surface area contributed by atoms with Crippen LogP contribution in [-0.2, 0) is 6.54 Å². The Kier molecular flexibility index (Phi) is 4.70. The summed E-state index contributed by atoms with van der Waals surface area (Å²) in [5.74, 6) is 0.813. The first kappa shape index (κ1) is 14.5. The third-order valence-electron chi connectivity index (χ3n) is 3.08. The number of nitrogens with two attached hydrogens (primary N) is 1. The molecule has 3 aromatic rings. The quantitative estimate of drug-likeness (QED) is 0.727. The number of hydrogen-bond donors (Lipinski definition) is 1. The van der Waals surface area contributed by atoms with Gasteiger partial charge in [0.05, 0.1) is 6.33 Å². The topological polar surface area (TPSA) is 74.6 Å². The summed E-state index contributed by atoms with van der Waals surface area (Å²) in [6.07, 6.45) is 9.35. The van der Waals surface area contributed by atoms with Gasteiger partial charge in [-0.25, -0.2) is 15.0 Å². The zero-order valence-electron chi connectivity index (χ0n) is 11.0. The Morgan fingerprint density at radius 3 is 2.60 bits per heavy atom. The minimum atomic E-state index is 0. The van der Waals surface area contributed by atoms with Gasteiger partial charge in [0.25, 0.3) is 0 Å². The molecule has 0 unspecified atom stereocenters. The molecule has 0 radical (unpaired) electrons. The summed E-state index contributed by atoms with van der Waals surface area (Å²) in [6, 6.07) is 3.93. The largest absolute Gasteiger partial charge is 0.330 e.